The summed E-state index contributed by atoms with van der Waals surface area (Å²) in [5, 5.41) is 1.93. The normalized spacial score (nSPS) is 26.9. The highest BCUT2D eigenvalue weighted by Crippen LogP contribution is 2.27. The molecule has 1 aromatic rings. The molecule has 2 atom stereocenters. The van der Waals surface area contributed by atoms with Crippen molar-refractivity contribution in [3.8, 4) is 0 Å². The number of primary amides is 1. The van der Waals surface area contributed by atoms with Crippen LogP contribution in [0.15, 0.2) is 24.3 Å². The van der Waals surface area contributed by atoms with Crippen molar-refractivity contribution >= 4 is 15.7 Å². The zero-order valence-corrected chi connectivity index (χ0v) is 10.2. The van der Waals surface area contributed by atoms with Crippen molar-refractivity contribution in [2.24, 2.45) is 5.73 Å². The molecule has 2 rings (SSSR count). The van der Waals surface area contributed by atoms with Crippen molar-refractivity contribution < 1.29 is 13.2 Å². The number of benzene rings is 1. The maximum absolute atomic E-state index is 11.9. The van der Waals surface area contributed by atoms with Gasteiger partial charge in [0.2, 0.25) is 5.91 Å². The van der Waals surface area contributed by atoms with E-state index >= 15 is 0 Å². The first-order valence-corrected chi connectivity index (χ1v) is 6.95. The van der Waals surface area contributed by atoms with Crippen molar-refractivity contribution in [3.63, 3.8) is 0 Å². The Morgan fingerprint density at radius 1 is 1.47 bits per heavy atom. The van der Waals surface area contributed by atoms with E-state index < -0.39 is 27.2 Å². The summed E-state index contributed by atoms with van der Waals surface area (Å²) >= 11 is 0. The largest absolute Gasteiger partial charge is 0.368 e. The second kappa shape index (κ2) is 4.12. The quantitative estimate of drug-likeness (QED) is 0.769. The monoisotopic (exact) mass is 254 g/mol. The molecule has 1 aliphatic rings. The van der Waals surface area contributed by atoms with E-state index in [0.29, 0.717) is 5.56 Å². The van der Waals surface area contributed by atoms with Crippen molar-refractivity contribution in [3.05, 3.63) is 35.4 Å². The van der Waals surface area contributed by atoms with Gasteiger partial charge in [0.05, 0.1) is 5.75 Å². The third kappa shape index (κ3) is 2.32. The highest BCUT2D eigenvalue weighted by atomic mass is 32.2. The van der Waals surface area contributed by atoms with Gasteiger partial charge in [-0.3, -0.25) is 10.1 Å². The second-order valence-electron chi connectivity index (χ2n) is 4.25. The summed E-state index contributed by atoms with van der Waals surface area (Å²) < 4.78 is 23.8. The number of carbonyl (C=O) groups excluding carboxylic acids is 1. The van der Waals surface area contributed by atoms with E-state index in [1.165, 1.54) is 0 Å². The predicted octanol–water partition coefficient (Wildman–Crippen LogP) is -0.134. The molecule has 0 bridgehead atoms. The van der Waals surface area contributed by atoms with Gasteiger partial charge in [-0.25, -0.2) is 8.42 Å². The fourth-order valence-electron chi connectivity index (χ4n) is 1.96. The van der Waals surface area contributed by atoms with Crippen LogP contribution in [-0.4, -0.2) is 26.1 Å². The Hall–Kier alpha value is -1.40. The molecule has 0 aliphatic carbocycles. The second-order valence-corrected chi connectivity index (χ2v) is 6.38. The summed E-state index contributed by atoms with van der Waals surface area (Å²) in [6.45, 7) is 1.89. The lowest BCUT2D eigenvalue weighted by molar-refractivity contribution is -0.119. The summed E-state index contributed by atoms with van der Waals surface area (Å²) in [4.78, 5) is 11.0. The molecule has 1 aromatic carbocycles. The molecule has 0 spiro atoms. The number of nitrogens with one attached hydrogen (secondary N) is 1. The average Bonchev–Trinajstić information content (AvgIpc) is 2.54. The molecule has 3 N–H and O–H groups in total. The van der Waals surface area contributed by atoms with Gasteiger partial charge in [0.1, 0.15) is 11.4 Å². The molecule has 5 nitrogen and oxygen atoms in total. The number of rotatable bonds is 2. The van der Waals surface area contributed by atoms with Crippen molar-refractivity contribution in [1.29, 1.82) is 0 Å². The van der Waals surface area contributed by atoms with E-state index in [2.05, 4.69) is 5.32 Å². The molecule has 2 unspecified atom stereocenters. The topological polar surface area (TPSA) is 89.3 Å². The molecular weight excluding hydrogens is 240 g/mol. The van der Waals surface area contributed by atoms with Gasteiger partial charge in [0.25, 0.3) is 0 Å². The van der Waals surface area contributed by atoms with Crippen LogP contribution < -0.4 is 11.1 Å². The Balaban J connectivity index is 2.37. The first-order valence-electron chi connectivity index (χ1n) is 5.23. The van der Waals surface area contributed by atoms with Gasteiger partial charge >= 0.3 is 0 Å². The number of carbonyl (C=O) groups is 1. The predicted molar refractivity (Wildman–Crippen MR) is 63.8 cm³/mol. The first kappa shape index (κ1) is 12.1. The van der Waals surface area contributed by atoms with Gasteiger partial charge in [-0.15, -0.1) is 0 Å². The molecule has 1 fully saturated rings. The summed E-state index contributed by atoms with van der Waals surface area (Å²) in [6, 6.07) is 6.39. The molecule has 1 aliphatic heterocycles. The number of hydrogen-bond donors (Lipinski definition) is 2. The lowest BCUT2D eigenvalue weighted by Gasteiger charge is -2.11. The van der Waals surface area contributed by atoms with Gasteiger partial charge in [-0.1, -0.05) is 29.8 Å². The van der Waals surface area contributed by atoms with Crippen LogP contribution in [0.3, 0.4) is 0 Å². The van der Waals surface area contributed by atoms with Crippen LogP contribution in [0.25, 0.3) is 0 Å². The Kier molecular flexibility index (Phi) is 2.92. The third-order valence-corrected chi connectivity index (χ3v) is 4.72. The Bertz CT molecular complexity index is 554. The number of nitrogens with two attached hydrogens (primary N) is 1. The van der Waals surface area contributed by atoms with Crippen LogP contribution in [0, 0.1) is 6.92 Å². The smallest absolute Gasteiger partial charge is 0.235 e. The highest BCUT2D eigenvalue weighted by Gasteiger charge is 2.41. The van der Waals surface area contributed by atoms with Gasteiger partial charge in [-0.2, -0.15) is 0 Å². The average molecular weight is 254 g/mol. The van der Waals surface area contributed by atoms with Crippen molar-refractivity contribution in [2.45, 2.75) is 18.3 Å². The Labute approximate surface area is 99.9 Å². The molecule has 1 heterocycles. The fraction of sp³-hybridized carbons (Fsp3) is 0.364. The van der Waals surface area contributed by atoms with Crippen LogP contribution in [-0.2, 0) is 14.6 Å². The van der Waals surface area contributed by atoms with E-state index in [1.807, 2.05) is 13.0 Å². The maximum Gasteiger partial charge on any atom is 0.235 e. The van der Waals surface area contributed by atoms with Gasteiger partial charge in [-0.05, 0) is 12.5 Å². The summed E-state index contributed by atoms with van der Waals surface area (Å²) in [5.74, 6) is -0.871. The summed E-state index contributed by atoms with van der Waals surface area (Å²) in [6.07, 6.45) is 0. The lowest BCUT2D eigenvalue weighted by Crippen LogP contribution is -2.38. The SMILES string of the molecule is Cc1cccc(C2NC(C(N)=O)CS2(=O)=O)c1. The molecule has 6 heteroatoms. The minimum Gasteiger partial charge on any atom is -0.368 e. The minimum absolute atomic E-state index is 0.235. The molecular formula is C11H14N2O3S. The van der Waals surface area contributed by atoms with Crippen LogP contribution >= 0.6 is 0 Å². The van der Waals surface area contributed by atoms with Crippen LogP contribution in [0.2, 0.25) is 0 Å². The van der Waals surface area contributed by atoms with Crippen LogP contribution in [0.4, 0.5) is 0 Å². The fourth-order valence-corrected chi connectivity index (χ4v) is 3.81. The summed E-state index contributed by atoms with van der Waals surface area (Å²) in [5.41, 5.74) is 6.74. The van der Waals surface area contributed by atoms with E-state index in [9.17, 15) is 13.2 Å². The molecule has 92 valence electrons. The Morgan fingerprint density at radius 3 is 2.71 bits per heavy atom. The number of hydrogen-bond acceptors (Lipinski definition) is 4. The number of aryl methyl sites for hydroxylation is 1. The highest BCUT2D eigenvalue weighted by molar-refractivity contribution is 7.91. The van der Waals surface area contributed by atoms with Crippen molar-refractivity contribution in [1.82, 2.24) is 5.32 Å². The van der Waals surface area contributed by atoms with Gasteiger partial charge < -0.3 is 5.73 Å². The standard InChI is InChI=1S/C11H14N2O3S/c1-7-3-2-4-8(5-7)11-13-9(10(12)14)6-17(11,15)16/h2-5,9,11,13H,6H2,1H3,(H2,12,14). The Morgan fingerprint density at radius 2 is 2.18 bits per heavy atom. The first-order chi connectivity index (χ1) is 7.90. The minimum atomic E-state index is -3.36. The molecule has 17 heavy (non-hydrogen) atoms. The summed E-state index contributed by atoms with van der Waals surface area (Å²) in [7, 11) is -3.36. The molecule has 1 amide bonds. The van der Waals surface area contributed by atoms with Crippen molar-refractivity contribution in [2.75, 3.05) is 5.75 Å². The maximum atomic E-state index is 11.9. The van der Waals surface area contributed by atoms with Gasteiger partial charge in [0.15, 0.2) is 9.84 Å². The number of sulfone groups is 1. The zero-order chi connectivity index (χ0) is 12.6. The van der Waals surface area contributed by atoms with E-state index in [-0.39, 0.29) is 5.75 Å². The van der Waals surface area contributed by atoms with Gasteiger partial charge in [0, 0.05) is 0 Å². The lowest BCUT2D eigenvalue weighted by atomic mass is 10.1. The third-order valence-electron chi connectivity index (χ3n) is 2.80. The number of amides is 1. The van der Waals surface area contributed by atoms with E-state index in [1.54, 1.807) is 18.2 Å². The van der Waals surface area contributed by atoms with Crippen LogP contribution in [0.1, 0.15) is 16.5 Å². The van der Waals surface area contributed by atoms with E-state index in [0.717, 1.165) is 5.56 Å². The molecule has 0 radical (unpaired) electrons. The van der Waals surface area contributed by atoms with Crippen LogP contribution in [0.5, 0.6) is 0 Å². The molecule has 0 saturated carbocycles. The van der Waals surface area contributed by atoms with E-state index in [4.69, 9.17) is 5.73 Å². The zero-order valence-electron chi connectivity index (χ0n) is 9.38. The molecule has 0 aromatic heterocycles. The molecule has 1 saturated heterocycles.